The fourth-order valence-electron chi connectivity index (χ4n) is 3.92. The first-order chi connectivity index (χ1) is 15.7. The average molecular weight is 572 g/mol. The van der Waals surface area contributed by atoms with Crippen molar-refractivity contribution in [3.05, 3.63) is 29.3 Å². The Balaban J connectivity index is 0.00000385. The molecule has 0 fully saturated rings. The van der Waals surface area contributed by atoms with Gasteiger partial charge in [-0.15, -0.1) is 34.2 Å². The number of fused-ring (bicyclic) bond motifs is 1. The fraction of sp³-hybridized carbons (Fsp3) is 0.609. The van der Waals surface area contributed by atoms with Crippen LogP contribution >= 0.6 is 24.0 Å². The molecule has 0 radical (unpaired) electrons. The highest BCUT2D eigenvalue weighted by Gasteiger charge is 2.15. The molecule has 33 heavy (non-hydrogen) atoms. The highest BCUT2D eigenvalue weighted by atomic mass is 127. The van der Waals surface area contributed by atoms with Gasteiger partial charge < -0.3 is 29.4 Å². The SMILES string of the molecule is CCNC(=NCc1cc(OC)c(OC)c(OC)c1)NCCCc1nnc2n1CCCCC2.I. The molecule has 1 aliphatic rings. The van der Waals surface area contributed by atoms with E-state index in [0.29, 0.717) is 23.8 Å². The highest BCUT2D eigenvalue weighted by molar-refractivity contribution is 14.0. The lowest BCUT2D eigenvalue weighted by molar-refractivity contribution is 0.324. The summed E-state index contributed by atoms with van der Waals surface area (Å²) in [4.78, 5) is 4.72. The van der Waals surface area contributed by atoms with Crippen LogP contribution in [0.25, 0.3) is 0 Å². The van der Waals surface area contributed by atoms with Crippen LogP contribution in [0.15, 0.2) is 17.1 Å². The van der Waals surface area contributed by atoms with Crippen LogP contribution in [0.3, 0.4) is 0 Å². The van der Waals surface area contributed by atoms with Gasteiger partial charge in [-0.05, 0) is 43.9 Å². The van der Waals surface area contributed by atoms with Crippen LogP contribution < -0.4 is 24.8 Å². The molecule has 2 N–H and O–H groups in total. The number of rotatable bonds is 10. The van der Waals surface area contributed by atoms with E-state index in [2.05, 4.69) is 32.3 Å². The molecule has 1 aromatic carbocycles. The van der Waals surface area contributed by atoms with Gasteiger partial charge in [-0.3, -0.25) is 0 Å². The van der Waals surface area contributed by atoms with E-state index < -0.39 is 0 Å². The molecule has 0 saturated carbocycles. The van der Waals surface area contributed by atoms with Crippen molar-refractivity contribution in [2.45, 2.75) is 58.5 Å². The summed E-state index contributed by atoms with van der Waals surface area (Å²) in [6, 6.07) is 3.84. The quantitative estimate of drug-likeness (QED) is 0.195. The lowest BCUT2D eigenvalue weighted by atomic mass is 10.2. The highest BCUT2D eigenvalue weighted by Crippen LogP contribution is 2.38. The Kier molecular flexibility index (Phi) is 11.6. The van der Waals surface area contributed by atoms with Crippen molar-refractivity contribution in [3.8, 4) is 17.2 Å². The van der Waals surface area contributed by atoms with Crippen LogP contribution in [0, 0.1) is 0 Å². The fourth-order valence-corrected chi connectivity index (χ4v) is 3.92. The van der Waals surface area contributed by atoms with Crippen LogP contribution in [0.5, 0.6) is 17.2 Å². The molecule has 0 bridgehead atoms. The van der Waals surface area contributed by atoms with Crippen LogP contribution in [0.4, 0.5) is 0 Å². The van der Waals surface area contributed by atoms with Gasteiger partial charge in [0.15, 0.2) is 17.5 Å². The topological polar surface area (TPSA) is 94.8 Å². The van der Waals surface area contributed by atoms with Crippen molar-refractivity contribution in [2.75, 3.05) is 34.4 Å². The Morgan fingerprint density at radius 2 is 1.79 bits per heavy atom. The monoisotopic (exact) mass is 572 g/mol. The summed E-state index contributed by atoms with van der Waals surface area (Å²) in [6.07, 6.45) is 6.63. The summed E-state index contributed by atoms with van der Waals surface area (Å²) >= 11 is 0. The smallest absolute Gasteiger partial charge is 0.203 e. The standard InChI is InChI=1S/C23H36N6O3.HI/c1-5-24-23(26-16-17-14-18(30-2)22(32-4)19(15-17)31-3)25-12-9-11-21-28-27-20-10-7-6-8-13-29(20)21;/h14-15H,5-13,16H2,1-4H3,(H2,24,25,26);1H. The third-order valence-corrected chi connectivity index (χ3v) is 5.54. The van der Waals surface area contributed by atoms with Gasteiger partial charge in [0.1, 0.15) is 11.6 Å². The molecule has 0 spiro atoms. The third-order valence-electron chi connectivity index (χ3n) is 5.54. The number of nitrogens with zero attached hydrogens (tertiary/aromatic N) is 4. The summed E-state index contributed by atoms with van der Waals surface area (Å²) in [5.41, 5.74) is 0.975. The molecule has 3 rings (SSSR count). The van der Waals surface area contributed by atoms with Gasteiger partial charge in [-0.2, -0.15) is 0 Å². The van der Waals surface area contributed by atoms with Crippen molar-refractivity contribution in [2.24, 2.45) is 4.99 Å². The van der Waals surface area contributed by atoms with E-state index in [1.54, 1.807) is 21.3 Å². The molecule has 10 heteroatoms. The second kappa shape index (κ2) is 14.1. The van der Waals surface area contributed by atoms with E-state index in [1.165, 1.54) is 19.3 Å². The van der Waals surface area contributed by atoms with Crippen LogP contribution in [0.1, 0.15) is 49.8 Å². The molecule has 1 aliphatic heterocycles. The van der Waals surface area contributed by atoms with E-state index in [0.717, 1.165) is 62.1 Å². The maximum atomic E-state index is 5.44. The zero-order valence-corrected chi connectivity index (χ0v) is 22.5. The largest absolute Gasteiger partial charge is 0.493 e. The molecule has 0 saturated heterocycles. The summed E-state index contributed by atoms with van der Waals surface area (Å²) < 4.78 is 18.6. The third kappa shape index (κ3) is 7.38. The number of benzene rings is 1. The van der Waals surface area contributed by atoms with Gasteiger partial charge in [0.05, 0.1) is 27.9 Å². The molecule has 0 atom stereocenters. The first-order valence-corrected chi connectivity index (χ1v) is 11.4. The minimum absolute atomic E-state index is 0. The number of methoxy groups -OCH3 is 3. The van der Waals surface area contributed by atoms with Gasteiger partial charge in [0.2, 0.25) is 5.75 Å². The lowest BCUT2D eigenvalue weighted by Crippen LogP contribution is -2.37. The molecule has 184 valence electrons. The average Bonchev–Trinajstić information content (AvgIpc) is 3.04. The molecule has 9 nitrogen and oxygen atoms in total. The van der Waals surface area contributed by atoms with E-state index in [9.17, 15) is 0 Å². The first-order valence-electron chi connectivity index (χ1n) is 11.4. The minimum atomic E-state index is 0. The first kappa shape index (κ1) is 27.0. The summed E-state index contributed by atoms with van der Waals surface area (Å²) in [6.45, 7) is 5.19. The van der Waals surface area contributed by atoms with E-state index >= 15 is 0 Å². The number of aryl methyl sites for hydroxylation is 2. The summed E-state index contributed by atoms with van der Waals surface area (Å²) in [5.74, 6) is 4.86. The molecule has 2 aromatic rings. The summed E-state index contributed by atoms with van der Waals surface area (Å²) in [5, 5.41) is 15.5. The van der Waals surface area contributed by atoms with E-state index in [-0.39, 0.29) is 24.0 Å². The molecule has 0 unspecified atom stereocenters. The number of halogens is 1. The van der Waals surface area contributed by atoms with Gasteiger partial charge in [0.25, 0.3) is 0 Å². The maximum absolute atomic E-state index is 5.44. The molecule has 2 heterocycles. The number of aliphatic imine (C=N–C) groups is 1. The second-order valence-corrected chi connectivity index (χ2v) is 7.75. The predicted molar refractivity (Wildman–Crippen MR) is 140 cm³/mol. The zero-order chi connectivity index (χ0) is 22.8. The molecule has 1 aromatic heterocycles. The van der Waals surface area contributed by atoms with Crippen molar-refractivity contribution < 1.29 is 14.2 Å². The van der Waals surface area contributed by atoms with Gasteiger partial charge in [-0.1, -0.05) is 6.42 Å². The Morgan fingerprint density at radius 3 is 2.45 bits per heavy atom. The summed E-state index contributed by atoms with van der Waals surface area (Å²) in [7, 11) is 4.83. The van der Waals surface area contributed by atoms with Crippen LogP contribution in [-0.2, 0) is 25.9 Å². The molecule has 0 amide bonds. The lowest BCUT2D eigenvalue weighted by Gasteiger charge is -2.14. The number of guanidine groups is 1. The Hall–Kier alpha value is -2.24. The van der Waals surface area contributed by atoms with Gasteiger partial charge in [-0.25, -0.2) is 4.99 Å². The number of hydrogen-bond donors (Lipinski definition) is 2. The van der Waals surface area contributed by atoms with E-state index in [1.807, 2.05) is 12.1 Å². The normalized spacial score (nSPS) is 13.4. The number of ether oxygens (including phenoxy) is 3. The van der Waals surface area contributed by atoms with Gasteiger partial charge >= 0.3 is 0 Å². The van der Waals surface area contributed by atoms with Crippen molar-refractivity contribution >= 4 is 29.9 Å². The Morgan fingerprint density at radius 1 is 1.03 bits per heavy atom. The van der Waals surface area contributed by atoms with Crippen LogP contribution in [0.2, 0.25) is 0 Å². The second-order valence-electron chi connectivity index (χ2n) is 7.75. The molecular weight excluding hydrogens is 535 g/mol. The zero-order valence-electron chi connectivity index (χ0n) is 20.1. The molecule has 0 aliphatic carbocycles. The number of aromatic nitrogens is 3. The van der Waals surface area contributed by atoms with Crippen LogP contribution in [-0.4, -0.2) is 55.1 Å². The Bertz CT molecular complexity index is 877. The van der Waals surface area contributed by atoms with Crippen molar-refractivity contribution in [3.63, 3.8) is 0 Å². The predicted octanol–water partition coefficient (Wildman–Crippen LogP) is 3.34. The van der Waals surface area contributed by atoms with Gasteiger partial charge in [0, 0.05) is 32.5 Å². The Labute approximate surface area is 213 Å². The maximum Gasteiger partial charge on any atom is 0.203 e. The van der Waals surface area contributed by atoms with Crippen molar-refractivity contribution in [1.29, 1.82) is 0 Å². The minimum Gasteiger partial charge on any atom is -0.493 e. The van der Waals surface area contributed by atoms with E-state index in [4.69, 9.17) is 19.2 Å². The number of nitrogens with one attached hydrogen (secondary N) is 2. The molecular formula is C23H37IN6O3. The number of hydrogen-bond acceptors (Lipinski definition) is 6. The van der Waals surface area contributed by atoms with Crippen molar-refractivity contribution in [1.82, 2.24) is 25.4 Å².